The third kappa shape index (κ3) is 2.84. The van der Waals surface area contributed by atoms with E-state index in [4.69, 9.17) is 0 Å². The summed E-state index contributed by atoms with van der Waals surface area (Å²) in [6.45, 7) is 8.29. The van der Waals surface area contributed by atoms with Crippen LogP contribution >= 0.6 is 0 Å². The average molecular weight is 196 g/mol. The van der Waals surface area contributed by atoms with Gasteiger partial charge >= 0.3 is 0 Å². The fourth-order valence-electron chi connectivity index (χ4n) is 1.71. The number of rotatable bonds is 4. The van der Waals surface area contributed by atoms with Gasteiger partial charge in [-0.15, -0.1) is 6.58 Å². The third-order valence-electron chi connectivity index (χ3n) is 2.89. The highest BCUT2D eigenvalue weighted by molar-refractivity contribution is 5.82. The molecule has 3 nitrogen and oxygen atoms in total. The molecule has 1 fully saturated rings. The summed E-state index contributed by atoms with van der Waals surface area (Å²) < 4.78 is 0. The zero-order valence-electron chi connectivity index (χ0n) is 8.94. The van der Waals surface area contributed by atoms with Gasteiger partial charge in [0.05, 0.1) is 0 Å². The fraction of sp³-hybridized carbons (Fsp3) is 0.727. The Morgan fingerprint density at radius 2 is 2.21 bits per heavy atom. The summed E-state index contributed by atoms with van der Waals surface area (Å²) in [4.78, 5) is 11.8. The smallest absolute Gasteiger partial charge is 0.226 e. The number of carbonyl (C=O) groups excluding carboxylic acids is 1. The predicted octanol–water partition coefficient (Wildman–Crippen LogP) is 1.07. The second-order valence-corrected chi connectivity index (χ2v) is 4.14. The first-order valence-electron chi connectivity index (χ1n) is 5.29. The summed E-state index contributed by atoms with van der Waals surface area (Å²) in [6.07, 6.45) is 4.55. The predicted molar refractivity (Wildman–Crippen MR) is 58.0 cm³/mol. The summed E-state index contributed by atoms with van der Waals surface area (Å²) >= 11 is 0. The van der Waals surface area contributed by atoms with Crippen molar-refractivity contribution in [3.8, 4) is 0 Å². The van der Waals surface area contributed by atoms with E-state index in [-0.39, 0.29) is 11.3 Å². The van der Waals surface area contributed by atoms with Crippen molar-refractivity contribution in [1.29, 1.82) is 0 Å². The van der Waals surface area contributed by atoms with Crippen LogP contribution in [-0.4, -0.2) is 25.5 Å². The van der Waals surface area contributed by atoms with Gasteiger partial charge < -0.3 is 10.6 Å². The highest BCUT2D eigenvalue weighted by atomic mass is 16.2. The number of hydrogen-bond donors (Lipinski definition) is 2. The van der Waals surface area contributed by atoms with Crippen molar-refractivity contribution >= 4 is 5.91 Å². The van der Waals surface area contributed by atoms with E-state index in [2.05, 4.69) is 24.1 Å². The Hall–Kier alpha value is -0.830. The highest BCUT2D eigenvalue weighted by Crippen LogP contribution is 2.27. The molecule has 0 spiro atoms. The number of nitrogens with one attached hydrogen (secondary N) is 2. The SMILES string of the molecule is C=CCCNC(=O)C1(C)CCNCC1. The molecule has 0 radical (unpaired) electrons. The molecule has 1 saturated heterocycles. The molecule has 1 heterocycles. The summed E-state index contributed by atoms with van der Waals surface area (Å²) in [5, 5.41) is 6.22. The minimum absolute atomic E-state index is 0.160. The Kier molecular flexibility index (Phi) is 4.14. The zero-order valence-corrected chi connectivity index (χ0v) is 8.94. The molecule has 1 rings (SSSR count). The van der Waals surface area contributed by atoms with E-state index in [0.717, 1.165) is 32.4 Å². The summed E-state index contributed by atoms with van der Waals surface area (Å²) in [6, 6.07) is 0. The maximum Gasteiger partial charge on any atom is 0.226 e. The second-order valence-electron chi connectivity index (χ2n) is 4.14. The van der Waals surface area contributed by atoms with Crippen LogP contribution in [0, 0.1) is 5.41 Å². The summed E-state index contributed by atoms with van der Waals surface area (Å²) in [5.41, 5.74) is -0.160. The molecule has 1 amide bonds. The molecule has 2 N–H and O–H groups in total. The highest BCUT2D eigenvalue weighted by Gasteiger charge is 2.33. The average Bonchev–Trinajstić information content (AvgIpc) is 2.19. The molecule has 0 aromatic rings. The van der Waals surface area contributed by atoms with Crippen LogP contribution in [0.15, 0.2) is 12.7 Å². The maximum atomic E-state index is 11.8. The van der Waals surface area contributed by atoms with Gasteiger partial charge in [0.1, 0.15) is 0 Å². The van der Waals surface area contributed by atoms with Crippen molar-refractivity contribution in [1.82, 2.24) is 10.6 Å². The molecule has 0 aromatic carbocycles. The number of carbonyl (C=O) groups is 1. The van der Waals surface area contributed by atoms with Gasteiger partial charge in [0.25, 0.3) is 0 Å². The first-order valence-corrected chi connectivity index (χ1v) is 5.29. The Labute approximate surface area is 86.0 Å². The van der Waals surface area contributed by atoms with Crippen LogP contribution in [-0.2, 0) is 4.79 Å². The Balaban J connectivity index is 2.36. The quantitative estimate of drug-likeness (QED) is 0.521. The van der Waals surface area contributed by atoms with Crippen LogP contribution in [0.5, 0.6) is 0 Å². The normalized spacial score (nSPS) is 20.1. The van der Waals surface area contributed by atoms with Crippen LogP contribution in [0.25, 0.3) is 0 Å². The molecule has 3 heteroatoms. The van der Waals surface area contributed by atoms with E-state index in [1.807, 2.05) is 6.08 Å². The van der Waals surface area contributed by atoms with Crippen molar-refractivity contribution < 1.29 is 4.79 Å². The van der Waals surface area contributed by atoms with Gasteiger partial charge in [0, 0.05) is 12.0 Å². The van der Waals surface area contributed by atoms with E-state index in [0.29, 0.717) is 6.54 Å². The lowest BCUT2D eigenvalue weighted by Crippen LogP contribution is -2.45. The van der Waals surface area contributed by atoms with Gasteiger partial charge in [-0.3, -0.25) is 4.79 Å². The van der Waals surface area contributed by atoms with Crippen molar-refractivity contribution in [2.45, 2.75) is 26.2 Å². The molecule has 80 valence electrons. The molecule has 1 aliphatic heterocycles. The number of hydrogen-bond acceptors (Lipinski definition) is 2. The molecule has 0 saturated carbocycles. The lowest BCUT2D eigenvalue weighted by atomic mass is 9.80. The lowest BCUT2D eigenvalue weighted by molar-refractivity contribution is -0.131. The summed E-state index contributed by atoms with van der Waals surface area (Å²) in [7, 11) is 0. The molecule has 0 bridgehead atoms. The Morgan fingerprint density at radius 1 is 1.57 bits per heavy atom. The van der Waals surface area contributed by atoms with E-state index in [9.17, 15) is 4.79 Å². The minimum Gasteiger partial charge on any atom is -0.355 e. The second kappa shape index (κ2) is 5.15. The van der Waals surface area contributed by atoms with Crippen LogP contribution in [0.4, 0.5) is 0 Å². The van der Waals surface area contributed by atoms with Gasteiger partial charge in [0.15, 0.2) is 0 Å². The Morgan fingerprint density at radius 3 is 2.79 bits per heavy atom. The van der Waals surface area contributed by atoms with Gasteiger partial charge in [-0.1, -0.05) is 13.0 Å². The van der Waals surface area contributed by atoms with E-state index >= 15 is 0 Å². The maximum absolute atomic E-state index is 11.8. The van der Waals surface area contributed by atoms with E-state index in [1.54, 1.807) is 0 Å². The first kappa shape index (κ1) is 11.2. The van der Waals surface area contributed by atoms with Gasteiger partial charge in [-0.2, -0.15) is 0 Å². The van der Waals surface area contributed by atoms with Crippen molar-refractivity contribution in [3.63, 3.8) is 0 Å². The van der Waals surface area contributed by atoms with Crippen LogP contribution in [0.1, 0.15) is 26.2 Å². The van der Waals surface area contributed by atoms with Crippen LogP contribution in [0.3, 0.4) is 0 Å². The van der Waals surface area contributed by atoms with Gasteiger partial charge in [-0.05, 0) is 32.4 Å². The van der Waals surface area contributed by atoms with Crippen LogP contribution < -0.4 is 10.6 Å². The molecule has 0 unspecified atom stereocenters. The van der Waals surface area contributed by atoms with Crippen molar-refractivity contribution in [2.75, 3.05) is 19.6 Å². The molecular formula is C11H20N2O. The first-order chi connectivity index (χ1) is 6.69. The summed E-state index contributed by atoms with van der Waals surface area (Å²) in [5.74, 6) is 0.195. The van der Waals surface area contributed by atoms with Crippen LogP contribution in [0.2, 0.25) is 0 Å². The Bertz CT molecular complexity index is 207. The molecule has 0 aliphatic carbocycles. The molecular weight excluding hydrogens is 176 g/mol. The minimum atomic E-state index is -0.160. The molecule has 1 aliphatic rings. The standard InChI is InChI=1S/C11H20N2O/c1-3-4-7-13-10(14)11(2)5-8-12-9-6-11/h3,12H,1,4-9H2,2H3,(H,13,14). The fourth-order valence-corrected chi connectivity index (χ4v) is 1.71. The molecule has 14 heavy (non-hydrogen) atoms. The van der Waals surface area contributed by atoms with E-state index < -0.39 is 0 Å². The van der Waals surface area contributed by atoms with Crippen molar-refractivity contribution in [3.05, 3.63) is 12.7 Å². The van der Waals surface area contributed by atoms with Gasteiger partial charge in [-0.25, -0.2) is 0 Å². The number of piperidine rings is 1. The molecule has 0 atom stereocenters. The lowest BCUT2D eigenvalue weighted by Gasteiger charge is -2.32. The third-order valence-corrected chi connectivity index (χ3v) is 2.89. The number of amides is 1. The van der Waals surface area contributed by atoms with Gasteiger partial charge in [0.2, 0.25) is 5.91 Å². The molecule has 0 aromatic heterocycles. The van der Waals surface area contributed by atoms with E-state index in [1.165, 1.54) is 0 Å². The zero-order chi connectivity index (χ0) is 10.4. The van der Waals surface area contributed by atoms with Crippen molar-refractivity contribution in [2.24, 2.45) is 5.41 Å². The largest absolute Gasteiger partial charge is 0.355 e. The monoisotopic (exact) mass is 196 g/mol. The topological polar surface area (TPSA) is 41.1 Å².